The lowest BCUT2D eigenvalue weighted by atomic mass is 9.74. The van der Waals surface area contributed by atoms with Crippen molar-refractivity contribution in [3.8, 4) is 5.75 Å². The van der Waals surface area contributed by atoms with Crippen LogP contribution in [0.1, 0.15) is 43.2 Å². The number of hydrogen-bond acceptors (Lipinski definition) is 3. The average Bonchev–Trinajstić information content (AvgIpc) is 3.11. The molecule has 2 amide bonds. The number of unbranched alkanes of at least 4 members (excludes halogenated alkanes) is 1. The maximum absolute atomic E-state index is 13.0. The van der Waals surface area contributed by atoms with Crippen molar-refractivity contribution in [2.24, 2.45) is 0 Å². The van der Waals surface area contributed by atoms with E-state index in [1.54, 1.807) is 29.2 Å². The van der Waals surface area contributed by atoms with Crippen LogP contribution in [0.5, 0.6) is 5.75 Å². The minimum absolute atomic E-state index is 0.0387. The maximum Gasteiger partial charge on any atom is 0.416 e. The van der Waals surface area contributed by atoms with Gasteiger partial charge in [-0.05, 0) is 55.7 Å². The van der Waals surface area contributed by atoms with Gasteiger partial charge in [0.05, 0.1) is 12.2 Å². The molecule has 0 aliphatic carbocycles. The molecule has 1 saturated heterocycles. The number of benzene rings is 2. The molecule has 0 aromatic heterocycles. The summed E-state index contributed by atoms with van der Waals surface area (Å²) in [4.78, 5) is 26.6. The van der Waals surface area contributed by atoms with E-state index in [0.29, 0.717) is 55.0 Å². The number of likely N-dealkylation sites (tertiary alicyclic amines) is 1. The van der Waals surface area contributed by atoms with Gasteiger partial charge in [-0.2, -0.15) is 13.2 Å². The molecule has 2 aliphatic heterocycles. The Balaban J connectivity index is 1.25. The number of ether oxygens (including phenoxy) is 1. The van der Waals surface area contributed by atoms with Crippen molar-refractivity contribution >= 4 is 29.1 Å². The predicted octanol–water partition coefficient (Wildman–Crippen LogP) is 5.42. The van der Waals surface area contributed by atoms with E-state index < -0.39 is 17.2 Å². The molecule has 2 aromatic carbocycles. The summed E-state index contributed by atoms with van der Waals surface area (Å²) in [6.45, 7) is 1.28. The first kappa shape index (κ1) is 23.4. The van der Waals surface area contributed by atoms with E-state index in [9.17, 15) is 22.8 Å². The molecule has 5 nitrogen and oxygen atoms in total. The number of anilines is 1. The highest BCUT2D eigenvalue weighted by Crippen LogP contribution is 2.47. The largest absolute Gasteiger partial charge is 0.492 e. The Morgan fingerprint density at radius 3 is 2.61 bits per heavy atom. The van der Waals surface area contributed by atoms with E-state index >= 15 is 0 Å². The fraction of sp³-hybridized carbons (Fsp3) is 0.417. The van der Waals surface area contributed by atoms with Crippen LogP contribution in [0.2, 0.25) is 5.02 Å². The summed E-state index contributed by atoms with van der Waals surface area (Å²) >= 11 is 5.83. The molecule has 0 saturated carbocycles. The van der Waals surface area contributed by atoms with Gasteiger partial charge in [0.1, 0.15) is 5.75 Å². The summed E-state index contributed by atoms with van der Waals surface area (Å²) in [6, 6.07) is 10.4. The van der Waals surface area contributed by atoms with Gasteiger partial charge in [0.2, 0.25) is 11.8 Å². The second-order valence-corrected chi connectivity index (χ2v) is 9.03. The van der Waals surface area contributed by atoms with E-state index in [1.807, 2.05) is 0 Å². The van der Waals surface area contributed by atoms with Crippen molar-refractivity contribution in [3.63, 3.8) is 0 Å². The van der Waals surface area contributed by atoms with E-state index in [1.165, 1.54) is 6.07 Å². The standard InChI is InChI=1S/C24H24ClF3N2O3/c25-17-5-7-18(8-6-17)29-21(31)3-1-2-11-30-12-10-23(14-22(30)32)15-33-20-13-16(24(26,27)28)4-9-19(20)23/h4-9,13H,1-3,10-12,14-15H2,(H,29,31)/t23-/m1/s1. The molecule has 2 aliphatic rings. The number of carbonyl (C=O) groups excluding carboxylic acids is 2. The van der Waals surface area contributed by atoms with E-state index in [0.717, 1.165) is 12.1 Å². The van der Waals surface area contributed by atoms with Crippen molar-refractivity contribution in [3.05, 3.63) is 58.6 Å². The van der Waals surface area contributed by atoms with Crippen LogP contribution in [0.15, 0.2) is 42.5 Å². The Morgan fingerprint density at radius 1 is 1.15 bits per heavy atom. The first-order valence-electron chi connectivity index (χ1n) is 10.8. The van der Waals surface area contributed by atoms with Crippen molar-refractivity contribution in [2.45, 2.75) is 43.7 Å². The highest BCUT2D eigenvalue weighted by Gasteiger charge is 2.47. The monoisotopic (exact) mass is 480 g/mol. The highest BCUT2D eigenvalue weighted by atomic mass is 35.5. The first-order valence-corrected chi connectivity index (χ1v) is 11.2. The molecule has 1 spiro atoms. The fourth-order valence-corrected chi connectivity index (χ4v) is 4.57. The van der Waals surface area contributed by atoms with Crippen LogP contribution in [-0.4, -0.2) is 36.4 Å². The summed E-state index contributed by atoms with van der Waals surface area (Å²) in [7, 11) is 0. The van der Waals surface area contributed by atoms with Crippen LogP contribution in [0.4, 0.5) is 18.9 Å². The minimum atomic E-state index is -4.43. The predicted molar refractivity (Wildman–Crippen MR) is 118 cm³/mol. The van der Waals surface area contributed by atoms with Gasteiger partial charge in [0.15, 0.2) is 0 Å². The second kappa shape index (κ2) is 9.25. The van der Waals surface area contributed by atoms with Crippen LogP contribution >= 0.6 is 11.6 Å². The molecule has 1 N–H and O–H groups in total. The van der Waals surface area contributed by atoms with Gasteiger partial charge in [-0.3, -0.25) is 9.59 Å². The molecular formula is C24H24ClF3N2O3. The summed E-state index contributed by atoms with van der Waals surface area (Å²) < 4.78 is 44.5. The molecule has 0 unspecified atom stereocenters. The topological polar surface area (TPSA) is 58.6 Å². The molecule has 1 fully saturated rings. The van der Waals surface area contributed by atoms with Gasteiger partial charge < -0.3 is 15.0 Å². The van der Waals surface area contributed by atoms with Gasteiger partial charge in [-0.25, -0.2) is 0 Å². The quantitative estimate of drug-likeness (QED) is 0.562. The number of halogens is 4. The van der Waals surface area contributed by atoms with E-state index in [2.05, 4.69) is 5.32 Å². The number of rotatable bonds is 6. The smallest absolute Gasteiger partial charge is 0.416 e. The Morgan fingerprint density at radius 2 is 1.91 bits per heavy atom. The zero-order valence-corrected chi connectivity index (χ0v) is 18.6. The van der Waals surface area contributed by atoms with Crippen molar-refractivity contribution in [2.75, 3.05) is 25.0 Å². The van der Waals surface area contributed by atoms with E-state index in [4.69, 9.17) is 16.3 Å². The Bertz CT molecular complexity index is 1040. The van der Waals surface area contributed by atoms with Crippen LogP contribution in [-0.2, 0) is 21.2 Å². The number of alkyl halides is 3. The Labute approximate surface area is 194 Å². The van der Waals surface area contributed by atoms with Crippen molar-refractivity contribution in [1.29, 1.82) is 0 Å². The number of nitrogens with one attached hydrogen (secondary N) is 1. The number of hydrogen-bond donors (Lipinski definition) is 1. The second-order valence-electron chi connectivity index (χ2n) is 8.60. The molecule has 2 aromatic rings. The van der Waals surface area contributed by atoms with Gasteiger partial charge in [0.25, 0.3) is 0 Å². The first-order chi connectivity index (χ1) is 15.7. The number of piperidine rings is 1. The molecular weight excluding hydrogens is 457 g/mol. The lowest BCUT2D eigenvalue weighted by Crippen LogP contribution is -2.47. The molecule has 4 rings (SSSR count). The van der Waals surface area contributed by atoms with Gasteiger partial charge in [-0.15, -0.1) is 0 Å². The normalized spacial score (nSPS) is 20.0. The third-order valence-corrected chi connectivity index (χ3v) is 6.55. The summed E-state index contributed by atoms with van der Waals surface area (Å²) in [6.07, 6.45) is -1.91. The third-order valence-electron chi connectivity index (χ3n) is 6.30. The summed E-state index contributed by atoms with van der Waals surface area (Å²) in [5.41, 5.74) is 0.0535. The van der Waals surface area contributed by atoms with Gasteiger partial charge in [0, 0.05) is 47.6 Å². The van der Waals surface area contributed by atoms with E-state index in [-0.39, 0.29) is 30.6 Å². The average molecular weight is 481 g/mol. The Hall–Kier alpha value is -2.74. The summed E-state index contributed by atoms with van der Waals surface area (Å²) in [5.74, 6) is 0.0835. The lowest BCUT2D eigenvalue weighted by Gasteiger charge is -2.38. The maximum atomic E-state index is 13.0. The molecule has 0 bridgehead atoms. The van der Waals surface area contributed by atoms with Crippen molar-refractivity contribution in [1.82, 2.24) is 4.90 Å². The van der Waals surface area contributed by atoms with Crippen LogP contribution in [0.25, 0.3) is 0 Å². The molecule has 1 atom stereocenters. The van der Waals surface area contributed by atoms with Crippen LogP contribution in [0, 0.1) is 0 Å². The molecule has 33 heavy (non-hydrogen) atoms. The zero-order chi connectivity index (χ0) is 23.6. The highest BCUT2D eigenvalue weighted by molar-refractivity contribution is 6.30. The van der Waals surface area contributed by atoms with Crippen LogP contribution < -0.4 is 10.1 Å². The Kier molecular flexibility index (Phi) is 6.56. The van der Waals surface area contributed by atoms with Gasteiger partial charge in [-0.1, -0.05) is 17.7 Å². The number of amides is 2. The molecule has 2 heterocycles. The lowest BCUT2D eigenvalue weighted by molar-refractivity contribution is -0.138. The third kappa shape index (κ3) is 5.27. The minimum Gasteiger partial charge on any atom is -0.492 e. The number of nitrogens with zero attached hydrogens (tertiary/aromatic N) is 1. The zero-order valence-electron chi connectivity index (χ0n) is 17.9. The number of carbonyl (C=O) groups is 2. The summed E-state index contributed by atoms with van der Waals surface area (Å²) in [5, 5.41) is 3.41. The molecule has 176 valence electrons. The van der Waals surface area contributed by atoms with Crippen LogP contribution in [0.3, 0.4) is 0 Å². The molecule has 9 heteroatoms. The molecule has 0 radical (unpaired) electrons. The van der Waals surface area contributed by atoms with Crippen molar-refractivity contribution < 1.29 is 27.5 Å². The SMILES string of the molecule is O=C(CCCCN1CC[C@]2(COc3cc(C(F)(F)F)ccc32)CC1=O)Nc1ccc(Cl)cc1. The number of fused-ring (bicyclic) bond motifs is 2. The van der Waals surface area contributed by atoms with Gasteiger partial charge >= 0.3 is 6.18 Å². The fourth-order valence-electron chi connectivity index (χ4n) is 4.45.